The number of carbonyl (C=O) groups is 1. The lowest BCUT2D eigenvalue weighted by atomic mass is 9.90. The summed E-state index contributed by atoms with van der Waals surface area (Å²) < 4.78 is 12.5. The quantitative estimate of drug-likeness (QED) is 0.382. The van der Waals surface area contributed by atoms with Crippen LogP contribution in [0.5, 0.6) is 5.75 Å². The smallest absolute Gasteiger partial charge is 0.273 e. The predicted molar refractivity (Wildman–Crippen MR) is 105 cm³/mol. The van der Waals surface area contributed by atoms with Crippen molar-refractivity contribution in [3.8, 4) is 5.75 Å². The van der Waals surface area contributed by atoms with E-state index in [-0.39, 0.29) is 23.7 Å². The van der Waals surface area contributed by atoms with E-state index in [1.54, 1.807) is 17.0 Å². The number of carbonyl (C=O) groups excluding carboxylic acids is 1. The number of rotatable bonds is 6. The van der Waals surface area contributed by atoms with Crippen LogP contribution in [0.2, 0.25) is 0 Å². The highest BCUT2D eigenvalue weighted by Gasteiger charge is 2.51. The first-order valence-electron chi connectivity index (χ1n) is 9.12. The van der Waals surface area contributed by atoms with Gasteiger partial charge < -0.3 is 14.4 Å². The highest BCUT2D eigenvalue weighted by molar-refractivity contribution is 9.10. The molecule has 3 atom stereocenters. The second-order valence-electron chi connectivity index (χ2n) is 6.88. The van der Waals surface area contributed by atoms with Crippen LogP contribution >= 0.6 is 15.9 Å². The summed E-state index contributed by atoms with van der Waals surface area (Å²) in [4.78, 5) is 25.2. The molecule has 2 fully saturated rings. The van der Waals surface area contributed by atoms with Crippen molar-refractivity contribution < 1.29 is 19.2 Å². The highest BCUT2D eigenvalue weighted by Crippen LogP contribution is 2.41. The van der Waals surface area contributed by atoms with Crippen LogP contribution in [0.25, 0.3) is 0 Å². The van der Waals surface area contributed by atoms with Crippen molar-refractivity contribution in [3.05, 3.63) is 68.7 Å². The average Bonchev–Trinajstić information content (AvgIpc) is 3.21. The van der Waals surface area contributed by atoms with Gasteiger partial charge in [-0.25, -0.2) is 0 Å². The van der Waals surface area contributed by atoms with Crippen molar-refractivity contribution in [2.24, 2.45) is 0 Å². The van der Waals surface area contributed by atoms with E-state index in [1.165, 1.54) is 12.1 Å². The first kappa shape index (κ1) is 18.9. The SMILES string of the molecule is O=C1[C@H](Oc2cccc([N+](=O)[O-])c2)[C@@H](c2ccccc2Br)N1C[C@H]1CCCO1. The van der Waals surface area contributed by atoms with E-state index in [0.29, 0.717) is 12.3 Å². The topological polar surface area (TPSA) is 81.9 Å². The Morgan fingerprint density at radius 3 is 2.79 bits per heavy atom. The maximum atomic E-state index is 12.9. The molecule has 1 amide bonds. The van der Waals surface area contributed by atoms with E-state index >= 15 is 0 Å². The molecule has 0 radical (unpaired) electrons. The molecular formula is C20H19BrN2O5. The fourth-order valence-corrected chi connectivity index (χ4v) is 4.23. The number of nitrogens with zero attached hydrogens (tertiary/aromatic N) is 2. The molecule has 2 aromatic carbocycles. The van der Waals surface area contributed by atoms with E-state index in [4.69, 9.17) is 9.47 Å². The van der Waals surface area contributed by atoms with Gasteiger partial charge in [0.25, 0.3) is 11.6 Å². The first-order chi connectivity index (χ1) is 13.5. The molecule has 28 heavy (non-hydrogen) atoms. The van der Waals surface area contributed by atoms with Crippen LogP contribution in [-0.2, 0) is 9.53 Å². The molecule has 0 saturated carbocycles. The van der Waals surface area contributed by atoms with Gasteiger partial charge in [-0.2, -0.15) is 0 Å². The Labute approximate surface area is 170 Å². The number of nitro groups is 1. The number of hydrogen-bond donors (Lipinski definition) is 0. The Balaban J connectivity index is 1.60. The molecule has 7 nitrogen and oxygen atoms in total. The van der Waals surface area contributed by atoms with Gasteiger partial charge in [0, 0.05) is 23.7 Å². The number of hydrogen-bond acceptors (Lipinski definition) is 5. The number of β-lactam (4-membered cyclic amide) rings is 1. The average molecular weight is 447 g/mol. The van der Waals surface area contributed by atoms with Gasteiger partial charge in [0.15, 0.2) is 0 Å². The van der Waals surface area contributed by atoms with E-state index in [0.717, 1.165) is 29.5 Å². The van der Waals surface area contributed by atoms with Crippen molar-refractivity contribution in [2.45, 2.75) is 31.1 Å². The first-order valence-corrected chi connectivity index (χ1v) is 9.91. The van der Waals surface area contributed by atoms with Gasteiger partial charge in [-0.3, -0.25) is 14.9 Å². The molecule has 0 N–H and O–H groups in total. The third kappa shape index (κ3) is 3.62. The Kier molecular flexibility index (Phi) is 5.32. The van der Waals surface area contributed by atoms with Crippen LogP contribution in [0.3, 0.4) is 0 Å². The zero-order chi connectivity index (χ0) is 19.7. The molecule has 0 aromatic heterocycles. The Bertz CT molecular complexity index is 900. The number of halogens is 1. The van der Waals surface area contributed by atoms with Crippen LogP contribution < -0.4 is 4.74 Å². The number of non-ortho nitro benzene ring substituents is 1. The number of ether oxygens (including phenoxy) is 2. The molecule has 2 aromatic rings. The summed E-state index contributed by atoms with van der Waals surface area (Å²) in [6.07, 6.45) is 1.23. The largest absolute Gasteiger partial charge is 0.478 e. The Hall–Kier alpha value is -2.45. The molecule has 0 unspecified atom stereocenters. The summed E-state index contributed by atoms with van der Waals surface area (Å²) >= 11 is 3.56. The minimum absolute atomic E-state index is 0.0349. The van der Waals surface area contributed by atoms with Crippen LogP contribution in [0.4, 0.5) is 5.69 Å². The van der Waals surface area contributed by atoms with Crippen molar-refractivity contribution in [1.29, 1.82) is 0 Å². The molecule has 2 saturated heterocycles. The van der Waals surface area contributed by atoms with Gasteiger partial charge in [0.1, 0.15) is 11.8 Å². The minimum atomic E-state index is -0.734. The minimum Gasteiger partial charge on any atom is -0.478 e. The maximum Gasteiger partial charge on any atom is 0.273 e. The summed E-state index contributed by atoms with van der Waals surface area (Å²) in [6, 6.07) is 13.3. The van der Waals surface area contributed by atoms with Crippen LogP contribution in [-0.4, -0.2) is 41.1 Å². The maximum absolute atomic E-state index is 12.9. The summed E-state index contributed by atoms with van der Waals surface area (Å²) in [5.74, 6) is 0.170. The lowest BCUT2D eigenvalue weighted by Gasteiger charge is -2.47. The Morgan fingerprint density at radius 2 is 2.07 bits per heavy atom. The molecular weight excluding hydrogens is 428 g/mol. The van der Waals surface area contributed by atoms with Gasteiger partial charge in [0.05, 0.1) is 17.1 Å². The summed E-state index contributed by atoms with van der Waals surface area (Å²) in [7, 11) is 0. The predicted octanol–water partition coefficient (Wildman–Crippen LogP) is 3.87. The molecule has 4 rings (SSSR count). The summed E-state index contributed by atoms with van der Waals surface area (Å²) in [5, 5.41) is 11.0. The van der Waals surface area contributed by atoms with Gasteiger partial charge in [-0.05, 0) is 30.5 Å². The lowest BCUT2D eigenvalue weighted by Crippen LogP contribution is -2.62. The van der Waals surface area contributed by atoms with Crippen LogP contribution in [0.1, 0.15) is 24.4 Å². The number of likely N-dealkylation sites (tertiary alicyclic amines) is 1. The third-order valence-corrected chi connectivity index (χ3v) is 5.81. The monoisotopic (exact) mass is 446 g/mol. The van der Waals surface area contributed by atoms with Gasteiger partial charge in [-0.1, -0.05) is 40.2 Å². The van der Waals surface area contributed by atoms with E-state index < -0.39 is 11.0 Å². The molecule has 0 spiro atoms. The fraction of sp³-hybridized carbons (Fsp3) is 0.350. The Morgan fingerprint density at radius 1 is 1.25 bits per heavy atom. The second kappa shape index (κ2) is 7.89. The van der Waals surface area contributed by atoms with Gasteiger partial charge >= 0.3 is 0 Å². The lowest BCUT2D eigenvalue weighted by molar-refractivity contribution is -0.385. The van der Waals surface area contributed by atoms with Crippen molar-refractivity contribution >= 4 is 27.5 Å². The molecule has 146 valence electrons. The molecule has 0 aliphatic carbocycles. The van der Waals surface area contributed by atoms with Crippen molar-refractivity contribution in [3.63, 3.8) is 0 Å². The van der Waals surface area contributed by atoms with Crippen LogP contribution in [0, 0.1) is 10.1 Å². The van der Waals surface area contributed by atoms with E-state index in [1.807, 2.05) is 24.3 Å². The third-order valence-electron chi connectivity index (χ3n) is 5.09. The molecule has 2 heterocycles. The molecule has 0 bridgehead atoms. The highest BCUT2D eigenvalue weighted by atomic mass is 79.9. The van der Waals surface area contributed by atoms with E-state index in [9.17, 15) is 14.9 Å². The van der Waals surface area contributed by atoms with E-state index in [2.05, 4.69) is 15.9 Å². The fourth-order valence-electron chi connectivity index (χ4n) is 3.71. The summed E-state index contributed by atoms with van der Waals surface area (Å²) in [6.45, 7) is 1.24. The van der Waals surface area contributed by atoms with Gasteiger partial charge in [0.2, 0.25) is 6.10 Å². The zero-order valence-electron chi connectivity index (χ0n) is 15.0. The second-order valence-corrected chi connectivity index (χ2v) is 7.74. The number of nitro benzene ring substituents is 1. The number of amides is 1. The van der Waals surface area contributed by atoms with Crippen molar-refractivity contribution in [1.82, 2.24) is 4.90 Å². The molecule has 2 aliphatic heterocycles. The summed E-state index contributed by atoms with van der Waals surface area (Å²) in [5.41, 5.74) is 0.869. The zero-order valence-corrected chi connectivity index (χ0v) is 16.6. The number of benzene rings is 2. The van der Waals surface area contributed by atoms with Gasteiger partial charge in [-0.15, -0.1) is 0 Å². The van der Waals surface area contributed by atoms with Crippen LogP contribution in [0.15, 0.2) is 53.0 Å². The normalized spacial score (nSPS) is 24.1. The van der Waals surface area contributed by atoms with Crippen molar-refractivity contribution in [2.75, 3.05) is 13.2 Å². The molecule has 2 aliphatic rings. The molecule has 8 heteroatoms. The standard InChI is InChI=1S/C20H19BrN2O5/c21-17-9-2-1-8-16(17)18-19(20(24)22(18)12-15-7-4-10-27-15)28-14-6-3-5-13(11-14)23(25)26/h1-3,5-6,8-9,11,15,18-19H,4,7,10,12H2/t15-,18-,19-/m1/s1.